The van der Waals surface area contributed by atoms with E-state index in [1.807, 2.05) is 42.5 Å². The summed E-state index contributed by atoms with van der Waals surface area (Å²) >= 11 is 0. The van der Waals surface area contributed by atoms with E-state index < -0.39 is 11.9 Å². The number of benzene rings is 2. The van der Waals surface area contributed by atoms with E-state index in [0.29, 0.717) is 5.69 Å². The number of phenols is 1. The number of allylic oxidation sites excluding steroid dienone is 2. The van der Waals surface area contributed by atoms with Gasteiger partial charge in [0.2, 0.25) is 17.7 Å². The van der Waals surface area contributed by atoms with Gasteiger partial charge in [-0.1, -0.05) is 42.5 Å². The van der Waals surface area contributed by atoms with Gasteiger partial charge in [-0.15, -0.1) is 0 Å². The molecule has 6 heteroatoms. The van der Waals surface area contributed by atoms with Crippen molar-refractivity contribution in [2.45, 2.75) is 18.9 Å². The molecule has 6 nitrogen and oxygen atoms in total. The number of nitrogens with zero attached hydrogens (tertiary/aromatic N) is 1. The van der Waals surface area contributed by atoms with Crippen LogP contribution in [-0.2, 0) is 20.8 Å². The summed E-state index contributed by atoms with van der Waals surface area (Å²) in [7, 11) is 0. The number of nitrogens with one attached hydrogen (secondary N) is 1. The van der Waals surface area contributed by atoms with Crippen molar-refractivity contribution in [2.75, 3.05) is 5.32 Å². The van der Waals surface area contributed by atoms with E-state index in [1.54, 1.807) is 12.1 Å². The number of rotatable bonds is 5. The van der Waals surface area contributed by atoms with Crippen molar-refractivity contribution in [3.63, 3.8) is 0 Å². The number of carbonyl (C=O) groups excluding carboxylic acids is 3. The highest BCUT2D eigenvalue weighted by molar-refractivity contribution is 6.10. The molecule has 2 N–H and O–H groups in total. The molecule has 2 aromatic rings. The van der Waals surface area contributed by atoms with Crippen LogP contribution in [0.5, 0.6) is 5.75 Å². The predicted octanol–water partition coefficient (Wildman–Crippen LogP) is 2.75. The van der Waals surface area contributed by atoms with Gasteiger partial charge in [0, 0.05) is 12.1 Å². The van der Waals surface area contributed by atoms with Crippen molar-refractivity contribution in [2.24, 2.45) is 23.7 Å². The van der Waals surface area contributed by atoms with Crippen LogP contribution in [-0.4, -0.2) is 33.8 Å². The summed E-state index contributed by atoms with van der Waals surface area (Å²) in [5, 5.41) is 12.3. The van der Waals surface area contributed by atoms with Crippen molar-refractivity contribution in [1.82, 2.24) is 4.90 Å². The second kappa shape index (κ2) is 7.13. The fraction of sp³-hybridized carbons (Fsp3) is 0.292. The number of fused-ring (bicyclic) bond motifs is 5. The SMILES string of the molecule is O=C(Nc1ccc(O)cc1)C(Cc1ccccc1)N1C(=O)C2C3C=CC(C3)C2C1=O. The summed E-state index contributed by atoms with van der Waals surface area (Å²) in [5.41, 5.74) is 1.37. The maximum absolute atomic E-state index is 13.3. The monoisotopic (exact) mass is 402 g/mol. The van der Waals surface area contributed by atoms with Gasteiger partial charge >= 0.3 is 0 Å². The zero-order chi connectivity index (χ0) is 20.8. The number of phenolic OH excluding ortho intramolecular Hbond substituents is 1. The van der Waals surface area contributed by atoms with Crippen LogP contribution in [0.4, 0.5) is 5.69 Å². The van der Waals surface area contributed by atoms with Crippen molar-refractivity contribution < 1.29 is 19.5 Å². The highest BCUT2D eigenvalue weighted by Gasteiger charge is 2.61. The number of likely N-dealkylation sites (tertiary alicyclic amines) is 1. The Balaban J connectivity index is 1.45. The van der Waals surface area contributed by atoms with Crippen LogP contribution in [0.1, 0.15) is 12.0 Å². The minimum absolute atomic E-state index is 0.0922. The third-order valence-corrected chi connectivity index (χ3v) is 6.53. The molecule has 2 fully saturated rings. The van der Waals surface area contributed by atoms with Gasteiger partial charge in [0.1, 0.15) is 11.8 Å². The first-order chi connectivity index (χ1) is 14.5. The van der Waals surface area contributed by atoms with Gasteiger partial charge in [-0.3, -0.25) is 19.3 Å². The molecule has 5 atom stereocenters. The number of anilines is 1. The number of amides is 3. The fourth-order valence-electron chi connectivity index (χ4n) is 5.14. The lowest BCUT2D eigenvalue weighted by Gasteiger charge is -2.27. The average Bonchev–Trinajstić information content (AvgIpc) is 3.43. The van der Waals surface area contributed by atoms with Gasteiger partial charge in [0.05, 0.1) is 11.8 Å². The van der Waals surface area contributed by atoms with E-state index in [2.05, 4.69) is 5.32 Å². The molecule has 1 aliphatic heterocycles. The number of imide groups is 1. The molecule has 152 valence electrons. The number of aromatic hydroxyl groups is 1. The topological polar surface area (TPSA) is 86.7 Å². The van der Waals surface area contributed by atoms with E-state index in [-0.39, 0.29) is 47.7 Å². The molecule has 0 radical (unpaired) electrons. The lowest BCUT2D eigenvalue weighted by atomic mass is 9.85. The predicted molar refractivity (Wildman–Crippen MR) is 110 cm³/mol. The van der Waals surface area contributed by atoms with Gasteiger partial charge in [0.25, 0.3) is 0 Å². The van der Waals surface area contributed by atoms with E-state index in [4.69, 9.17) is 0 Å². The van der Waals surface area contributed by atoms with Crippen LogP contribution >= 0.6 is 0 Å². The van der Waals surface area contributed by atoms with Crippen molar-refractivity contribution in [3.05, 3.63) is 72.3 Å². The Bertz CT molecular complexity index is 1000. The molecule has 0 aromatic heterocycles. The lowest BCUT2D eigenvalue weighted by Crippen LogP contribution is -2.49. The van der Waals surface area contributed by atoms with Gasteiger partial charge in [-0.05, 0) is 48.1 Å². The Labute approximate surface area is 174 Å². The molecule has 1 saturated carbocycles. The summed E-state index contributed by atoms with van der Waals surface area (Å²) in [6.07, 6.45) is 5.20. The Morgan fingerprint density at radius 3 is 2.17 bits per heavy atom. The lowest BCUT2D eigenvalue weighted by molar-refractivity contribution is -0.147. The molecule has 2 aliphatic carbocycles. The van der Waals surface area contributed by atoms with E-state index >= 15 is 0 Å². The van der Waals surface area contributed by atoms with Crippen molar-refractivity contribution in [1.29, 1.82) is 0 Å². The molecular formula is C24H22N2O4. The molecule has 3 amide bonds. The van der Waals surface area contributed by atoms with E-state index in [1.165, 1.54) is 17.0 Å². The third-order valence-electron chi connectivity index (χ3n) is 6.53. The van der Waals surface area contributed by atoms with Gasteiger partial charge < -0.3 is 10.4 Å². The molecule has 5 unspecified atom stereocenters. The maximum atomic E-state index is 13.3. The van der Waals surface area contributed by atoms with E-state index in [0.717, 1.165) is 12.0 Å². The molecular weight excluding hydrogens is 380 g/mol. The number of hydrogen-bond acceptors (Lipinski definition) is 4. The fourth-order valence-corrected chi connectivity index (χ4v) is 5.14. The smallest absolute Gasteiger partial charge is 0.248 e. The van der Waals surface area contributed by atoms with Crippen molar-refractivity contribution >= 4 is 23.4 Å². The quantitative estimate of drug-likeness (QED) is 0.457. The van der Waals surface area contributed by atoms with Gasteiger partial charge in [-0.2, -0.15) is 0 Å². The normalized spacial score (nSPS) is 27.4. The summed E-state index contributed by atoms with van der Waals surface area (Å²) in [6, 6.07) is 14.6. The van der Waals surface area contributed by atoms with Crippen LogP contribution < -0.4 is 5.32 Å². The summed E-state index contributed by atoms with van der Waals surface area (Å²) in [6.45, 7) is 0. The summed E-state index contributed by atoms with van der Waals surface area (Å²) in [5.74, 6) is -1.27. The highest BCUT2D eigenvalue weighted by Crippen LogP contribution is 2.53. The Morgan fingerprint density at radius 2 is 1.57 bits per heavy atom. The Kier molecular flexibility index (Phi) is 4.42. The standard InChI is InChI=1S/C24H22N2O4/c27-18-10-8-17(9-11-18)25-22(28)19(12-14-4-2-1-3-5-14)26-23(29)20-15-6-7-16(13-15)21(20)24(26)30/h1-11,15-16,19-21,27H,12-13H2,(H,25,28). The first kappa shape index (κ1) is 18.6. The average molecular weight is 402 g/mol. The van der Waals surface area contributed by atoms with Crippen LogP contribution in [0, 0.1) is 23.7 Å². The second-order valence-electron chi connectivity index (χ2n) is 8.29. The van der Waals surface area contributed by atoms with Gasteiger partial charge in [-0.25, -0.2) is 0 Å². The highest BCUT2D eigenvalue weighted by atomic mass is 16.3. The minimum Gasteiger partial charge on any atom is -0.508 e. The molecule has 1 saturated heterocycles. The van der Waals surface area contributed by atoms with Gasteiger partial charge in [0.15, 0.2) is 0 Å². The minimum atomic E-state index is -0.925. The third kappa shape index (κ3) is 3.00. The number of hydrogen-bond donors (Lipinski definition) is 2. The van der Waals surface area contributed by atoms with Crippen LogP contribution in [0.3, 0.4) is 0 Å². The maximum Gasteiger partial charge on any atom is 0.248 e. The van der Waals surface area contributed by atoms with E-state index in [9.17, 15) is 19.5 Å². The van der Waals surface area contributed by atoms with Crippen LogP contribution in [0.2, 0.25) is 0 Å². The Morgan fingerprint density at radius 1 is 0.967 bits per heavy atom. The zero-order valence-electron chi connectivity index (χ0n) is 16.3. The zero-order valence-corrected chi connectivity index (χ0v) is 16.3. The van der Waals surface area contributed by atoms with Crippen molar-refractivity contribution in [3.8, 4) is 5.75 Å². The largest absolute Gasteiger partial charge is 0.508 e. The molecule has 3 aliphatic rings. The second-order valence-corrected chi connectivity index (χ2v) is 8.29. The molecule has 2 aromatic carbocycles. The molecule has 2 bridgehead atoms. The number of carbonyl (C=O) groups is 3. The Hall–Kier alpha value is -3.41. The molecule has 0 spiro atoms. The van der Waals surface area contributed by atoms with Crippen LogP contribution in [0.25, 0.3) is 0 Å². The molecule has 30 heavy (non-hydrogen) atoms. The van der Waals surface area contributed by atoms with Crippen LogP contribution in [0.15, 0.2) is 66.7 Å². The first-order valence-corrected chi connectivity index (χ1v) is 10.2. The summed E-state index contributed by atoms with van der Waals surface area (Å²) in [4.78, 5) is 41.0. The summed E-state index contributed by atoms with van der Waals surface area (Å²) < 4.78 is 0. The molecule has 5 rings (SSSR count). The first-order valence-electron chi connectivity index (χ1n) is 10.2. The molecule has 1 heterocycles.